The predicted octanol–water partition coefficient (Wildman–Crippen LogP) is 1.47. The molecular weight excluding hydrogens is 185 g/mol. The van der Waals surface area contributed by atoms with E-state index in [1.54, 1.807) is 4.67 Å². The summed E-state index contributed by atoms with van der Waals surface area (Å²) < 4.78 is 19.4. The Morgan fingerprint density at radius 2 is 2.08 bits per heavy atom. The smallest absolute Gasteiger partial charge is 0.302 e. The summed E-state index contributed by atoms with van der Waals surface area (Å²) in [7, 11) is -0.846. The number of hydrogen-bond acceptors (Lipinski definition) is 2. The third-order valence-corrected chi connectivity index (χ3v) is 4.80. The Balaban J connectivity index is 2.40. The number of likely N-dealkylation sites (N-methyl/N-ethyl adjacent to an activating group) is 1. The van der Waals surface area contributed by atoms with E-state index in [1.807, 2.05) is 37.4 Å². The molecule has 1 saturated heterocycles. The minimum absolute atomic E-state index is 0.558. The molecule has 13 heavy (non-hydrogen) atoms. The molecule has 1 aromatic carbocycles. The van der Waals surface area contributed by atoms with Crippen molar-refractivity contribution < 1.29 is 9.09 Å². The molecule has 0 aliphatic carbocycles. The summed E-state index contributed by atoms with van der Waals surface area (Å²) >= 11 is 0. The van der Waals surface area contributed by atoms with Crippen molar-refractivity contribution in [2.45, 2.75) is 0 Å². The molecule has 70 valence electrons. The van der Waals surface area contributed by atoms with Crippen LogP contribution >= 0.6 is 7.52 Å². The molecule has 0 bridgehead atoms. The molecule has 1 fully saturated rings. The maximum atomic E-state index is 12.2. The zero-order valence-electron chi connectivity index (χ0n) is 7.51. The van der Waals surface area contributed by atoms with Gasteiger partial charge in [0.1, 0.15) is 0 Å². The Kier molecular flexibility index (Phi) is 2.24. The quantitative estimate of drug-likeness (QED) is 0.638. The molecule has 0 N–H and O–H groups in total. The summed E-state index contributed by atoms with van der Waals surface area (Å²) in [5.41, 5.74) is 0. The van der Waals surface area contributed by atoms with Crippen LogP contribution in [0.2, 0.25) is 0 Å². The van der Waals surface area contributed by atoms with E-state index < -0.39 is 7.52 Å². The molecule has 0 amide bonds. The van der Waals surface area contributed by atoms with Crippen LogP contribution in [0.15, 0.2) is 30.3 Å². The van der Waals surface area contributed by atoms with Crippen LogP contribution in [0.3, 0.4) is 0 Å². The first-order chi connectivity index (χ1) is 6.23. The molecule has 0 saturated carbocycles. The van der Waals surface area contributed by atoms with Crippen molar-refractivity contribution in [1.82, 2.24) is 4.67 Å². The van der Waals surface area contributed by atoms with E-state index >= 15 is 0 Å². The molecular formula is C9H12NO2P. The van der Waals surface area contributed by atoms with E-state index in [-0.39, 0.29) is 0 Å². The minimum atomic E-state index is -2.68. The van der Waals surface area contributed by atoms with Crippen molar-refractivity contribution in [2.24, 2.45) is 0 Å². The van der Waals surface area contributed by atoms with Gasteiger partial charge in [0.2, 0.25) is 0 Å². The highest BCUT2D eigenvalue weighted by molar-refractivity contribution is 7.64. The molecule has 3 nitrogen and oxygen atoms in total. The third kappa shape index (κ3) is 1.44. The molecule has 1 aliphatic rings. The Morgan fingerprint density at radius 1 is 1.38 bits per heavy atom. The summed E-state index contributed by atoms with van der Waals surface area (Å²) in [4.78, 5) is 0. The lowest BCUT2D eigenvalue weighted by atomic mass is 10.4. The first-order valence-electron chi connectivity index (χ1n) is 4.25. The molecule has 1 heterocycles. The minimum Gasteiger partial charge on any atom is -0.313 e. The van der Waals surface area contributed by atoms with Crippen molar-refractivity contribution >= 4 is 12.8 Å². The Bertz CT molecular complexity index is 339. The van der Waals surface area contributed by atoms with Crippen LogP contribution in [0.1, 0.15) is 0 Å². The fourth-order valence-corrected chi connectivity index (χ4v) is 3.38. The van der Waals surface area contributed by atoms with Gasteiger partial charge in [0, 0.05) is 6.54 Å². The van der Waals surface area contributed by atoms with Gasteiger partial charge in [-0.1, -0.05) is 18.2 Å². The van der Waals surface area contributed by atoms with Gasteiger partial charge >= 0.3 is 7.52 Å². The summed E-state index contributed by atoms with van der Waals surface area (Å²) in [5.74, 6) is 0. The van der Waals surface area contributed by atoms with Gasteiger partial charge in [-0.15, -0.1) is 0 Å². The van der Waals surface area contributed by atoms with E-state index in [0.717, 1.165) is 11.8 Å². The fourth-order valence-electron chi connectivity index (χ4n) is 1.41. The van der Waals surface area contributed by atoms with Crippen LogP contribution in [-0.4, -0.2) is 24.9 Å². The normalized spacial score (nSPS) is 29.3. The van der Waals surface area contributed by atoms with E-state index in [0.29, 0.717) is 6.61 Å². The Morgan fingerprint density at radius 3 is 2.62 bits per heavy atom. The molecule has 1 atom stereocenters. The molecule has 0 radical (unpaired) electrons. The maximum Gasteiger partial charge on any atom is 0.302 e. The summed E-state index contributed by atoms with van der Waals surface area (Å²) in [5, 5.41) is 0.787. The monoisotopic (exact) mass is 197 g/mol. The van der Waals surface area contributed by atoms with E-state index in [9.17, 15) is 4.57 Å². The third-order valence-electron chi connectivity index (χ3n) is 2.21. The SMILES string of the molecule is CN1CCOP1(=O)c1ccccc1. The lowest BCUT2D eigenvalue weighted by Crippen LogP contribution is -2.16. The molecule has 0 aromatic heterocycles. The lowest BCUT2D eigenvalue weighted by Gasteiger charge is -2.17. The van der Waals surface area contributed by atoms with Crippen LogP contribution < -0.4 is 5.30 Å². The van der Waals surface area contributed by atoms with Crippen LogP contribution in [-0.2, 0) is 9.09 Å². The standard InChI is InChI=1S/C9H12NO2P/c1-10-7-8-12-13(10,11)9-5-3-2-4-6-9/h2-6H,7-8H2,1H3. The lowest BCUT2D eigenvalue weighted by molar-refractivity contribution is 0.365. The second-order valence-electron chi connectivity index (χ2n) is 3.07. The highest BCUT2D eigenvalue weighted by Gasteiger charge is 2.35. The zero-order valence-corrected chi connectivity index (χ0v) is 8.41. The van der Waals surface area contributed by atoms with Gasteiger partial charge in [-0.25, -0.2) is 4.67 Å². The van der Waals surface area contributed by atoms with Gasteiger partial charge in [0.25, 0.3) is 0 Å². The molecule has 1 aromatic rings. The number of nitrogens with zero attached hydrogens (tertiary/aromatic N) is 1. The van der Waals surface area contributed by atoms with Crippen molar-refractivity contribution in [3.05, 3.63) is 30.3 Å². The van der Waals surface area contributed by atoms with Crippen LogP contribution in [0.4, 0.5) is 0 Å². The Hall–Kier alpha value is -0.630. The van der Waals surface area contributed by atoms with Crippen molar-refractivity contribution in [1.29, 1.82) is 0 Å². The predicted molar refractivity (Wildman–Crippen MR) is 52.3 cm³/mol. The van der Waals surface area contributed by atoms with Crippen LogP contribution in [0, 0.1) is 0 Å². The zero-order chi connectivity index (χ0) is 9.31. The summed E-state index contributed by atoms with van der Waals surface area (Å²) in [6.07, 6.45) is 0. The van der Waals surface area contributed by atoms with Crippen LogP contribution in [0.5, 0.6) is 0 Å². The van der Waals surface area contributed by atoms with Gasteiger partial charge in [0.15, 0.2) is 0 Å². The van der Waals surface area contributed by atoms with E-state index in [1.165, 1.54) is 0 Å². The van der Waals surface area contributed by atoms with Crippen molar-refractivity contribution in [3.8, 4) is 0 Å². The summed E-state index contributed by atoms with van der Waals surface area (Å²) in [6.45, 7) is 1.30. The highest BCUT2D eigenvalue weighted by atomic mass is 31.2. The first-order valence-corrected chi connectivity index (χ1v) is 5.83. The maximum absolute atomic E-state index is 12.2. The van der Waals surface area contributed by atoms with Gasteiger partial charge < -0.3 is 4.52 Å². The average molecular weight is 197 g/mol. The fraction of sp³-hybridized carbons (Fsp3) is 0.333. The van der Waals surface area contributed by atoms with Gasteiger partial charge in [0.05, 0.1) is 11.9 Å². The highest BCUT2D eigenvalue weighted by Crippen LogP contribution is 2.51. The van der Waals surface area contributed by atoms with E-state index in [4.69, 9.17) is 4.52 Å². The summed E-state index contributed by atoms with van der Waals surface area (Å²) in [6, 6.07) is 9.37. The van der Waals surface area contributed by atoms with E-state index in [2.05, 4.69) is 0 Å². The molecule has 2 rings (SSSR count). The second-order valence-corrected chi connectivity index (χ2v) is 5.57. The van der Waals surface area contributed by atoms with Crippen molar-refractivity contribution in [3.63, 3.8) is 0 Å². The van der Waals surface area contributed by atoms with Crippen LogP contribution in [0.25, 0.3) is 0 Å². The average Bonchev–Trinajstić information content (AvgIpc) is 2.50. The molecule has 0 spiro atoms. The molecule has 4 heteroatoms. The second kappa shape index (κ2) is 3.26. The van der Waals surface area contributed by atoms with Gasteiger partial charge in [-0.3, -0.25) is 4.57 Å². The number of hydrogen-bond donors (Lipinski definition) is 0. The Labute approximate surface area is 77.8 Å². The molecule has 1 unspecified atom stereocenters. The first kappa shape index (κ1) is 8.95. The number of rotatable bonds is 1. The molecule has 1 aliphatic heterocycles. The largest absolute Gasteiger partial charge is 0.313 e. The van der Waals surface area contributed by atoms with Gasteiger partial charge in [-0.2, -0.15) is 0 Å². The topological polar surface area (TPSA) is 29.5 Å². The van der Waals surface area contributed by atoms with Crippen molar-refractivity contribution in [2.75, 3.05) is 20.2 Å². The van der Waals surface area contributed by atoms with Gasteiger partial charge in [-0.05, 0) is 19.2 Å². The number of benzene rings is 1.